The number of halogens is 1. The molecule has 132 valence electrons. The van der Waals surface area contributed by atoms with Gasteiger partial charge in [-0.25, -0.2) is 4.98 Å². The van der Waals surface area contributed by atoms with E-state index in [1.54, 1.807) is 12.1 Å². The molecule has 2 rings (SSSR count). The molecule has 0 unspecified atom stereocenters. The van der Waals surface area contributed by atoms with Crippen LogP contribution in [0.2, 0.25) is 5.15 Å². The summed E-state index contributed by atoms with van der Waals surface area (Å²) in [5, 5.41) is 2.76. The highest BCUT2D eigenvalue weighted by Gasteiger charge is 2.27. The number of amides is 1. The summed E-state index contributed by atoms with van der Waals surface area (Å²) in [6.45, 7) is 3.64. The number of nitrogens with zero attached hydrogens (tertiary/aromatic N) is 1. The molecule has 2 atom stereocenters. The summed E-state index contributed by atoms with van der Waals surface area (Å²) in [6.07, 6.45) is 2.35. The van der Waals surface area contributed by atoms with E-state index in [9.17, 15) is 9.59 Å². The molecule has 1 amide bonds. The zero-order valence-corrected chi connectivity index (χ0v) is 15.0. The monoisotopic (exact) mass is 360 g/mol. The minimum Gasteiger partial charge on any atom is -0.455 e. The molecule has 1 N–H and O–H groups in total. The third-order valence-corrected chi connectivity index (χ3v) is 4.31. The molecule has 25 heavy (non-hydrogen) atoms. The van der Waals surface area contributed by atoms with Gasteiger partial charge >= 0.3 is 5.97 Å². The second-order valence-electron chi connectivity index (χ2n) is 5.77. The molecule has 1 aromatic heterocycles. The molecule has 0 radical (unpaired) electrons. The van der Waals surface area contributed by atoms with Gasteiger partial charge in [0.2, 0.25) is 0 Å². The van der Waals surface area contributed by atoms with Crippen molar-refractivity contribution in [1.82, 2.24) is 4.98 Å². The van der Waals surface area contributed by atoms with E-state index in [2.05, 4.69) is 10.3 Å². The van der Waals surface area contributed by atoms with E-state index >= 15 is 0 Å². The van der Waals surface area contributed by atoms with E-state index in [-0.39, 0.29) is 17.7 Å². The first-order chi connectivity index (χ1) is 12.0. The maximum Gasteiger partial charge on any atom is 0.314 e. The summed E-state index contributed by atoms with van der Waals surface area (Å²) in [7, 11) is 0. The minimum absolute atomic E-state index is 0.103. The first kappa shape index (κ1) is 18.9. The summed E-state index contributed by atoms with van der Waals surface area (Å²) in [6, 6.07) is 12.7. The Morgan fingerprint density at radius 2 is 1.92 bits per heavy atom. The Hall–Kier alpha value is -2.40. The molecule has 0 bridgehead atoms. The number of hydrogen-bond acceptors (Lipinski definition) is 4. The fourth-order valence-electron chi connectivity index (χ4n) is 2.49. The standard InChI is InChI=1S/C19H21ClN2O3/c1-3-13(2)17(14-8-5-4-6-9-14)19(24)25-12-16(23)22-15-10-7-11-21-18(15)20/h4-11,13,17H,3,12H2,1-2H3,(H,22,23)/t13-,17+/m1/s1. The normalized spacial score (nSPS) is 12.9. The molecule has 0 spiro atoms. The Balaban J connectivity index is 1.99. The molecule has 6 heteroatoms. The minimum atomic E-state index is -0.459. The largest absolute Gasteiger partial charge is 0.455 e. The van der Waals surface area contributed by atoms with E-state index in [0.29, 0.717) is 5.69 Å². The van der Waals surface area contributed by atoms with Gasteiger partial charge in [-0.05, 0) is 23.6 Å². The lowest BCUT2D eigenvalue weighted by molar-refractivity contribution is -0.150. The summed E-state index contributed by atoms with van der Waals surface area (Å²) in [5.41, 5.74) is 1.27. The van der Waals surface area contributed by atoms with E-state index in [0.717, 1.165) is 12.0 Å². The Kier molecular flexibility index (Phi) is 6.95. The average Bonchev–Trinajstić information content (AvgIpc) is 2.63. The fraction of sp³-hybridized carbons (Fsp3) is 0.316. The predicted molar refractivity (Wildman–Crippen MR) is 97.5 cm³/mol. The number of aromatic nitrogens is 1. The summed E-state index contributed by atoms with van der Waals surface area (Å²) >= 11 is 5.89. The lowest BCUT2D eigenvalue weighted by Gasteiger charge is -2.21. The van der Waals surface area contributed by atoms with Crippen LogP contribution in [-0.2, 0) is 14.3 Å². The molecule has 0 fully saturated rings. The summed E-state index contributed by atoms with van der Waals surface area (Å²) < 4.78 is 5.24. The third-order valence-electron chi connectivity index (χ3n) is 4.00. The van der Waals surface area contributed by atoms with Crippen LogP contribution in [0.25, 0.3) is 0 Å². The summed E-state index contributed by atoms with van der Waals surface area (Å²) in [5.74, 6) is -1.17. The number of hydrogen-bond donors (Lipinski definition) is 1. The van der Waals surface area contributed by atoms with Crippen LogP contribution in [0.4, 0.5) is 5.69 Å². The Morgan fingerprint density at radius 1 is 1.20 bits per heavy atom. The second-order valence-corrected chi connectivity index (χ2v) is 6.13. The van der Waals surface area contributed by atoms with Gasteiger partial charge in [-0.2, -0.15) is 0 Å². The summed E-state index contributed by atoms with van der Waals surface area (Å²) in [4.78, 5) is 28.4. The SMILES string of the molecule is CC[C@@H](C)[C@H](C(=O)OCC(=O)Nc1cccnc1Cl)c1ccccc1. The van der Waals surface area contributed by atoms with Crippen molar-refractivity contribution in [2.24, 2.45) is 5.92 Å². The van der Waals surface area contributed by atoms with E-state index in [4.69, 9.17) is 16.3 Å². The predicted octanol–water partition coefficient (Wildman–Crippen LogP) is 4.05. The number of nitrogens with one attached hydrogen (secondary N) is 1. The van der Waals surface area contributed by atoms with Crippen LogP contribution in [-0.4, -0.2) is 23.5 Å². The number of rotatable bonds is 7. The van der Waals surface area contributed by atoms with Crippen LogP contribution in [0.3, 0.4) is 0 Å². The lowest BCUT2D eigenvalue weighted by atomic mass is 9.86. The first-order valence-corrected chi connectivity index (χ1v) is 8.52. The van der Waals surface area contributed by atoms with Gasteiger partial charge in [0, 0.05) is 6.20 Å². The highest BCUT2D eigenvalue weighted by Crippen LogP contribution is 2.28. The van der Waals surface area contributed by atoms with Gasteiger partial charge in [-0.15, -0.1) is 0 Å². The molecule has 1 heterocycles. The van der Waals surface area contributed by atoms with E-state index < -0.39 is 17.8 Å². The molecule has 0 aliphatic carbocycles. The second kappa shape index (κ2) is 9.18. The van der Waals surface area contributed by atoms with Crippen molar-refractivity contribution in [3.63, 3.8) is 0 Å². The number of ether oxygens (including phenoxy) is 1. The molecule has 0 aliphatic heterocycles. The van der Waals surface area contributed by atoms with Gasteiger partial charge in [0.25, 0.3) is 5.91 Å². The first-order valence-electron chi connectivity index (χ1n) is 8.14. The molecule has 0 saturated heterocycles. The number of carbonyl (C=O) groups excluding carboxylic acids is 2. The van der Waals surface area contributed by atoms with Gasteiger partial charge in [-0.1, -0.05) is 62.2 Å². The highest BCUT2D eigenvalue weighted by molar-refractivity contribution is 6.32. The molecule has 0 saturated carbocycles. The van der Waals surface area contributed by atoms with Crippen LogP contribution >= 0.6 is 11.6 Å². The van der Waals surface area contributed by atoms with Crippen molar-refractivity contribution in [2.75, 3.05) is 11.9 Å². The van der Waals surface area contributed by atoms with Gasteiger partial charge < -0.3 is 10.1 Å². The van der Waals surface area contributed by atoms with Crippen LogP contribution in [0.1, 0.15) is 31.7 Å². The van der Waals surface area contributed by atoms with Crippen LogP contribution in [0.5, 0.6) is 0 Å². The Labute approximate surface area is 152 Å². The molecule has 1 aromatic carbocycles. The van der Waals surface area contributed by atoms with E-state index in [1.807, 2.05) is 44.2 Å². The maximum absolute atomic E-state index is 12.5. The number of anilines is 1. The molecule has 5 nitrogen and oxygen atoms in total. The smallest absolute Gasteiger partial charge is 0.314 e. The van der Waals surface area contributed by atoms with Crippen LogP contribution in [0, 0.1) is 5.92 Å². The molecular weight excluding hydrogens is 340 g/mol. The number of benzene rings is 1. The fourth-order valence-corrected chi connectivity index (χ4v) is 2.65. The molecule has 0 aliphatic rings. The number of pyridine rings is 1. The quantitative estimate of drug-likeness (QED) is 0.597. The van der Waals surface area contributed by atoms with Crippen molar-refractivity contribution in [3.05, 3.63) is 59.4 Å². The van der Waals surface area contributed by atoms with E-state index in [1.165, 1.54) is 6.20 Å². The van der Waals surface area contributed by atoms with Crippen LogP contribution in [0.15, 0.2) is 48.7 Å². The zero-order valence-electron chi connectivity index (χ0n) is 14.2. The topological polar surface area (TPSA) is 68.3 Å². The molecule has 2 aromatic rings. The van der Waals surface area contributed by atoms with Crippen molar-refractivity contribution in [1.29, 1.82) is 0 Å². The average molecular weight is 361 g/mol. The number of esters is 1. The van der Waals surface area contributed by atoms with Gasteiger partial charge in [0.1, 0.15) is 0 Å². The van der Waals surface area contributed by atoms with Crippen molar-refractivity contribution in [2.45, 2.75) is 26.2 Å². The Bertz CT molecular complexity index is 722. The maximum atomic E-state index is 12.5. The Morgan fingerprint density at radius 3 is 2.56 bits per heavy atom. The van der Waals surface area contributed by atoms with Crippen molar-refractivity contribution < 1.29 is 14.3 Å². The van der Waals surface area contributed by atoms with Gasteiger partial charge in [-0.3, -0.25) is 9.59 Å². The third kappa shape index (κ3) is 5.29. The van der Waals surface area contributed by atoms with Crippen molar-refractivity contribution >= 4 is 29.2 Å². The van der Waals surface area contributed by atoms with Gasteiger partial charge in [0.05, 0.1) is 11.6 Å². The lowest BCUT2D eigenvalue weighted by Crippen LogP contribution is -2.27. The zero-order chi connectivity index (χ0) is 18.2. The van der Waals surface area contributed by atoms with Gasteiger partial charge in [0.15, 0.2) is 11.8 Å². The van der Waals surface area contributed by atoms with Crippen molar-refractivity contribution in [3.8, 4) is 0 Å². The van der Waals surface area contributed by atoms with Crippen LogP contribution < -0.4 is 5.32 Å². The number of carbonyl (C=O) groups is 2. The highest BCUT2D eigenvalue weighted by atomic mass is 35.5. The molecular formula is C19H21ClN2O3.